The molecule has 2 aromatic rings. The molecular formula is C18H21FN2OS. The molecule has 1 N–H and O–H groups in total. The van der Waals surface area contributed by atoms with E-state index in [4.69, 9.17) is 0 Å². The lowest BCUT2D eigenvalue weighted by atomic mass is 10.0. The lowest BCUT2D eigenvalue weighted by Crippen LogP contribution is -2.40. The molecule has 122 valence electrons. The number of hydrogen-bond acceptors (Lipinski definition) is 3. The molecule has 1 aliphatic heterocycles. The van der Waals surface area contributed by atoms with Crippen LogP contribution in [0.2, 0.25) is 0 Å². The van der Waals surface area contributed by atoms with Crippen LogP contribution in [-0.2, 0) is 0 Å². The number of nitrogens with zero attached hydrogens (tertiary/aromatic N) is 1. The number of carbonyl (C=O) groups is 1. The Balaban J connectivity index is 1.67. The first-order chi connectivity index (χ1) is 11.2. The monoisotopic (exact) mass is 332 g/mol. The summed E-state index contributed by atoms with van der Waals surface area (Å²) in [5.41, 5.74) is 1.61. The molecule has 23 heavy (non-hydrogen) atoms. The standard InChI is InChI=1S/C18H21FN2OS/c19-16-6-4-5-14(11-16)18(22)20-12-17(15-7-10-23-13-15)21-8-2-1-3-9-21/h4-7,10-11,13,17H,1-3,8-9,12H2,(H,20,22). The highest BCUT2D eigenvalue weighted by atomic mass is 32.1. The van der Waals surface area contributed by atoms with Crippen LogP contribution in [0.4, 0.5) is 4.39 Å². The van der Waals surface area contributed by atoms with E-state index in [0.29, 0.717) is 12.1 Å². The molecule has 0 radical (unpaired) electrons. The third-order valence-electron chi connectivity index (χ3n) is 4.30. The van der Waals surface area contributed by atoms with Crippen molar-refractivity contribution in [3.05, 3.63) is 58.0 Å². The largest absolute Gasteiger partial charge is 0.350 e. The molecule has 1 atom stereocenters. The van der Waals surface area contributed by atoms with E-state index in [2.05, 4.69) is 27.0 Å². The van der Waals surface area contributed by atoms with Gasteiger partial charge in [0.2, 0.25) is 0 Å². The number of benzene rings is 1. The van der Waals surface area contributed by atoms with Crippen molar-refractivity contribution in [3.63, 3.8) is 0 Å². The average Bonchev–Trinajstić information content (AvgIpc) is 3.10. The Morgan fingerprint density at radius 2 is 2.09 bits per heavy atom. The number of piperidine rings is 1. The van der Waals surface area contributed by atoms with Crippen LogP contribution >= 0.6 is 11.3 Å². The molecule has 0 bridgehead atoms. The first-order valence-electron chi connectivity index (χ1n) is 8.04. The van der Waals surface area contributed by atoms with Gasteiger partial charge in [-0.15, -0.1) is 0 Å². The minimum Gasteiger partial charge on any atom is -0.350 e. The molecule has 2 heterocycles. The highest BCUT2D eigenvalue weighted by Gasteiger charge is 2.23. The summed E-state index contributed by atoms with van der Waals surface area (Å²) in [4.78, 5) is 14.7. The molecule has 1 saturated heterocycles. The first kappa shape index (κ1) is 16.1. The van der Waals surface area contributed by atoms with Gasteiger partial charge in [-0.05, 0) is 66.5 Å². The number of hydrogen-bond donors (Lipinski definition) is 1. The average molecular weight is 332 g/mol. The van der Waals surface area contributed by atoms with Crippen molar-refractivity contribution in [2.75, 3.05) is 19.6 Å². The van der Waals surface area contributed by atoms with Gasteiger partial charge in [0.25, 0.3) is 5.91 Å². The van der Waals surface area contributed by atoms with E-state index in [-0.39, 0.29) is 17.8 Å². The molecule has 3 nitrogen and oxygen atoms in total. The summed E-state index contributed by atoms with van der Waals surface area (Å²) in [6.45, 7) is 2.68. The molecule has 3 rings (SSSR count). The number of thiophene rings is 1. The second-order valence-electron chi connectivity index (χ2n) is 5.89. The lowest BCUT2D eigenvalue weighted by molar-refractivity contribution is 0.0924. The van der Waals surface area contributed by atoms with Gasteiger partial charge in [-0.1, -0.05) is 12.5 Å². The predicted molar refractivity (Wildman–Crippen MR) is 91.2 cm³/mol. The molecule has 1 aromatic heterocycles. The van der Waals surface area contributed by atoms with Crippen LogP contribution in [0.25, 0.3) is 0 Å². The maximum Gasteiger partial charge on any atom is 0.251 e. The number of nitrogens with one attached hydrogen (secondary N) is 1. The van der Waals surface area contributed by atoms with Crippen LogP contribution in [0.3, 0.4) is 0 Å². The van der Waals surface area contributed by atoms with Gasteiger partial charge >= 0.3 is 0 Å². The Hall–Kier alpha value is -1.72. The third kappa shape index (κ3) is 4.18. The molecule has 0 spiro atoms. The fraction of sp³-hybridized carbons (Fsp3) is 0.389. The van der Waals surface area contributed by atoms with Gasteiger partial charge < -0.3 is 5.32 Å². The van der Waals surface area contributed by atoms with Gasteiger partial charge in [0.05, 0.1) is 6.04 Å². The molecule has 1 amide bonds. The quantitative estimate of drug-likeness (QED) is 0.902. The van der Waals surface area contributed by atoms with E-state index >= 15 is 0 Å². The smallest absolute Gasteiger partial charge is 0.251 e. The van der Waals surface area contributed by atoms with Crippen molar-refractivity contribution in [2.45, 2.75) is 25.3 Å². The second-order valence-corrected chi connectivity index (χ2v) is 6.67. The second kappa shape index (κ2) is 7.70. The normalized spacial score (nSPS) is 16.9. The van der Waals surface area contributed by atoms with Gasteiger partial charge in [-0.2, -0.15) is 11.3 Å². The first-order valence-corrected chi connectivity index (χ1v) is 8.98. The Morgan fingerprint density at radius 3 is 2.78 bits per heavy atom. The van der Waals surface area contributed by atoms with Gasteiger partial charge in [0.1, 0.15) is 5.82 Å². The lowest BCUT2D eigenvalue weighted by Gasteiger charge is -2.34. The van der Waals surface area contributed by atoms with E-state index in [1.54, 1.807) is 23.5 Å². The Morgan fingerprint density at radius 1 is 1.26 bits per heavy atom. The van der Waals surface area contributed by atoms with Crippen LogP contribution < -0.4 is 5.32 Å². The zero-order chi connectivity index (χ0) is 16.1. The Bertz CT molecular complexity index is 638. The number of rotatable bonds is 5. The Labute approximate surface area is 140 Å². The fourth-order valence-corrected chi connectivity index (χ4v) is 3.78. The number of likely N-dealkylation sites (tertiary alicyclic amines) is 1. The number of amides is 1. The van der Waals surface area contributed by atoms with Crippen molar-refractivity contribution >= 4 is 17.2 Å². The minimum absolute atomic E-state index is 0.194. The summed E-state index contributed by atoms with van der Waals surface area (Å²) >= 11 is 1.68. The highest BCUT2D eigenvalue weighted by Crippen LogP contribution is 2.25. The molecule has 1 fully saturated rings. The third-order valence-corrected chi connectivity index (χ3v) is 5.00. The van der Waals surface area contributed by atoms with Crippen LogP contribution in [0.1, 0.15) is 41.2 Å². The fourth-order valence-electron chi connectivity index (χ4n) is 3.07. The van der Waals surface area contributed by atoms with Crippen LogP contribution in [0.15, 0.2) is 41.1 Å². The minimum atomic E-state index is -0.386. The molecule has 5 heteroatoms. The van der Waals surface area contributed by atoms with Gasteiger partial charge in [0.15, 0.2) is 0 Å². The maximum atomic E-state index is 13.3. The van der Waals surface area contributed by atoms with E-state index < -0.39 is 0 Å². The maximum absolute atomic E-state index is 13.3. The molecule has 0 aliphatic carbocycles. The van der Waals surface area contributed by atoms with Crippen LogP contribution in [-0.4, -0.2) is 30.4 Å². The molecule has 0 saturated carbocycles. The highest BCUT2D eigenvalue weighted by molar-refractivity contribution is 7.07. The van der Waals surface area contributed by atoms with E-state index in [1.165, 1.54) is 37.0 Å². The van der Waals surface area contributed by atoms with Crippen molar-refractivity contribution in [2.24, 2.45) is 0 Å². The number of carbonyl (C=O) groups excluding carboxylic acids is 1. The summed E-state index contributed by atoms with van der Waals surface area (Å²) in [5, 5.41) is 7.19. The predicted octanol–water partition coefficient (Wildman–Crippen LogP) is 3.84. The van der Waals surface area contributed by atoms with E-state index in [0.717, 1.165) is 13.1 Å². The van der Waals surface area contributed by atoms with Crippen molar-refractivity contribution in [1.29, 1.82) is 0 Å². The topological polar surface area (TPSA) is 32.3 Å². The Kier molecular flexibility index (Phi) is 5.41. The SMILES string of the molecule is O=C(NCC(c1ccsc1)N1CCCCC1)c1cccc(F)c1. The summed E-state index contributed by atoms with van der Waals surface area (Å²) in [6.07, 6.45) is 3.69. The van der Waals surface area contributed by atoms with Gasteiger partial charge in [-0.25, -0.2) is 4.39 Å². The zero-order valence-electron chi connectivity index (χ0n) is 13.0. The summed E-state index contributed by atoms with van der Waals surface area (Å²) in [6, 6.07) is 8.13. The molecule has 1 aliphatic rings. The molecule has 1 aromatic carbocycles. The summed E-state index contributed by atoms with van der Waals surface area (Å²) in [7, 11) is 0. The van der Waals surface area contributed by atoms with Crippen molar-refractivity contribution in [1.82, 2.24) is 10.2 Å². The van der Waals surface area contributed by atoms with Gasteiger partial charge in [0, 0.05) is 12.1 Å². The zero-order valence-corrected chi connectivity index (χ0v) is 13.8. The van der Waals surface area contributed by atoms with Crippen molar-refractivity contribution < 1.29 is 9.18 Å². The van der Waals surface area contributed by atoms with E-state index in [9.17, 15) is 9.18 Å². The summed E-state index contributed by atoms with van der Waals surface area (Å²) < 4.78 is 13.3. The van der Waals surface area contributed by atoms with Crippen LogP contribution in [0, 0.1) is 5.82 Å². The molecular weight excluding hydrogens is 311 g/mol. The van der Waals surface area contributed by atoms with Crippen molar-refractivity contribution in [3.8, 4) is 0 Å². The number of halogens is 1. The van der Waals surface area contributed by atoms with Crippen LogP contribution in [0.5, 0.6) is 0 Å². The molecule has 1 unspecified atom stereocenters. The van der Waals surface area contributed by atoms with E-state index in [1.807, 2.05) is 0 Å². The summed E-state index contributed by atoms with van der Waals surface area (Å²) in [5.74, 6) is -0.607. The van der Waals surface area contributed by atoms with Gasteiger partial charge in [-0.3, -0.25) is 9.69 Å².